The van der Waals surface area contributed by atoms with Crippen LogP contribution in [0.2, 0.25) is 0 Å². The Hall–Kier alpha value is -6.94. The first-order chi connectivity index (χ1) is 27.2. The van der Waals surface area contributed by atoms with E-state index in [4.69, 9.17) is 4.42 Å². The molecule has 0 N–H and O–H groups in total. The molecule has 3 heteroatoms. The summed E-state index contributed by atoms with van der Waals surface area (Å²) in [6.45, 7) is 0. The number of nitrogens with zero attached hydrogens (tertiary/aromatic N) is 1. The Labute approximate surface area is 322 Å². The van der Waals surface area contributed by atoms with Gasteiger partial charge in [-0.3, -0.25) is 0 Å². The van der Waals surface area contributed by atoms with Crippen LogP contribution in [0, 0.1) is 0 Å². The van der Waals surface area contributed by atoms with Crippen molar-refractivity contribution in [2.75, 3.05) is 4.90 Å². The predicted molar refractivity (Wildman–Crippen MR) is 235 cm³/mol. The van der Waals surface area contributed by atoms with Gasteiger partial charge in [0.2, 0.25) is 0 Å². The summed E-state index contributed by atoms with van der Waals surface area (Å²) in [7, 11) is 0. The van der Waals surface area contributed by atoms with E-state index in [-0.39, 0.29) is 0 Å². The third-order valence-electron chi connectivity index (χ3n) is 10.9. The number of anilines is 3. The second kappa shape index (κ2) is 12.9. The molecular weight excluding hydrogens is 687 g/mol. The highest BCUT2D eigenvalue weighted by molar-refractivity contribution is 7.25. The van der Waals surface area contributed by atoms with Crippen LogP contribution in [-0.2, 0) is 0 Å². The molecule has 2 nitrogen and oxygen atoms in total. The van der Waals surface area contributed by atoms with Crippen molar-refractivity contribution in [3.8, 4) is 33.4 Å². The van der Waals surface area contributed by atoms with E-state index in [1.807, 2.05) is 23.5 Å². The van der Waals surface area contributed by atoms with Gasteiger partial charge >= 0.3 is 0 Å². The van der Waals surface area contributed by atoms with Crippen molar-refractivity contribution in [2.45, 2.75) is 0 Å². The molecule has 0 fully saturated rings. The fourth-order valence-corrected chi connectivity index (χ4v) is 9.36. The van der Waals surface area contributed by atoms with Crippen LogP contribution in [0.4, 0.5) is 17.1 Å². The van der Waals surface area contributed by atoms with Crippen molar-refractivity contribution in [3.05, 3.63) is 200 Å². The molecule has 0 aliphatic rings. The molecule has 0 saturated heterocycles. The standard InChI is InChI=1S/C52H33NOS/c1-2-12-37-31-39(28-27-34(37)11-1)36-25-23-35(24-26-36)38-13-9-14-40(32-38)53(41-29-30-44-43-16-4-7-20-48(43)54-49(44)33-41)47-19-6-3-15-42(47)45-18-10-22-51-52(45)46-17-5-8-21-50(46)55-51/h1-33H. The fraction of sp³-hybridized carbons (Fsp3) is 0. The number of benzene rings is 9. The lowest BCUT2D eigenvalue weighted by Gasteiger charge is -2.28. The maximum absolute atomic E-state index is 6.46. The van der Waals surface area contributed by atoms with Crippen molar-refractivity contribution < 1.29 is 4.42 Å². The lowest BCUT2D eigenvalue weighted by Crippen LogP contribution is -2.11. The van der Waals surface area contributed by atoms with E-state index in [0.29, 0.717) is 0 Å². The maximum Gasteiger partial charge on any atom is 0.137 e. The van der Waals surface area contributed by atoms with Gasteiger partial charge in [0.05, 0.1) is 5.69 Å². The van der Waals surface area contributed by atoms with E-state index >= 15 is 0 Å². The minimum absolute atomic E-state index is 0.868. The van der Waals surface area contributed by atoms with E-state index in [9.17, 15) is 0 Å². The van der Waals surface area contributed by atoms with Crippen molar-refractivity contribution in [3.63, 3.8) is 0 Å². The van der Waals surface area contributed by atoms with Gasteiger partial charge in [0.25, 0.3) is 0 Å². The van der Waals surface area contributed by atoms with Crippen LogP contribution >= 0.6 is 11.3 Å². The summed E-state index contributed by atoms with van der Waals surface area (Å²) in [4.78, 5) is 2.39. The largest absolute Gasteiger partial charge is 0.456 e. The second-order valence-electron chi connectivity index (χ2n) is 14.1. The average Bonchev–Trinajstić information content (AvgIpc) is 3.82. The van der Waals surface area contributed by atoms with Crippen LogP contribution in [0.5, 0.6) is 0 Å². The highest BCUT2D eigenvalue weighted by atomic mass is 32.1. The van der Waals surface area contributed by atoms with Gasteiger partial charge in [-0.05, 0) is 93.2 Å². The van der Waals surface area contributed by atoms with Crippen LogP contribution in [0.1, 0.15) is 0 Å². The van der Waals surface area contributed by atoms with Gasteiger partial charge in [-0.1, -0.05) is 140 Å². The highest BCUT2D eigenvalue weighted by Crippen LogP contribution is 2.47. The van der Waals surface area contributed by atoms with Crippen LogP contribution < -0.4 is 4.90 Å². The molecule has 11 aromatic rings. The first-order valence-electron chi connectivity index (χ1n) is 18.7. The number of fused-ring (bicyclic) bond motifs is 7. The quantitative estimate of drug-likeness (QED) is 0.170. The first kappa shape index (κ1) is 31.6. The van der Waals surface area contributed by atoms with Crippen LogP contribution in [0.15, 0.2) is 205 Å². The molecule has 0 spiro atoms. The molecule has 2 heterocycles. The summed E-state index contributed by atoms with van der Waals surface area (Å²) in [5.74, 6) is 0. The van der Waals surface area contributed by atoms with E-state index in [2.05, 4.69) is 193 Å². The Bertz CT molecular complexity index is 3220. The number of hydrogen-bond donors (Lipinski definition) is 0. The Kier molecular flexibility index (Phi) is 7.39. The molecule has 0 atom stereocenters. The van der Waals surface area contributed by atoms with E-state index in [1.54, 1.807) is 0 Å². The SMILES string of the molecule is c1cc(-c2ccc(-c3ccc4ccccc4c3)cc2)cc(N(c2ccc3c(c2)oc2ccccc23)c2ccccc2-c2cccc3sc4ccccc4c23)c1. The Morgan fingerprint density at radius 2 is 1.00 bits per heavy atom. The Morgan fingerprint density at radius 1 is 0.364 bits per heavy atom. The third kappa shape index (κ3) is 5.40. The molecule has 0 amide bonds. The summed E-state index contributed by atoms with van der Waals surface area (Å²) in [5.41, 5.74) is 12.1. The number of hydrogen-bond acceptors (Lipinski definition) is 3. The third-order valence-corrected chi connectivity index (χ3v) is 12.0. The van der Waals surface area contributed by atoms with Crippen LogP contribution in [-0.4, -0.2) is 0 Å². The van der Waals surface area contributed by atoms with E-state index < -0.39 is 0 Å². The predicted octanol–water partition coefficient (Wildman–Crippen LogP) is 15.6. The molecule has 9 aromatic carbocycles. The zero-order chi connectivity index (χ0) is 36.3. The fourth-order valence-electron chi connectivity index (χ4n) is 8.22. The molecule has 11 rings (SSSR count). The van der Waals surface area contributed by atoms with E-state index in [1.165, 1.54) is 58.8 Å². The van der Waals surface area contributed by atoms with Gasteiger partial charge in [0.1, 0.15) is 11.2 Å². The minimum Gasteiger partial charge on any atom is -0.456 e. The van der Waals surface area contributed by atoms with Gasteiger partial charge in [0, 0.05) is 53.9 Å². The van der Waals surface area contributed by atoms with Crippen molar-refractivity contribution in [1.29, 1.82) is 0 Å². The molecule has 2 aromatic heterocycles. The second-order valence-corrected chi connectivity index (χ2v) is 15.2. The number of furan rings is 1. The monoisotopic (exact) mass is 719 g/mol. The lowest BCUT2D eigenvalue weighted by atomic mass is 9.96. The lowest BCUT2D eigenvalue weighted by molar-refractivity contribution is 0.669. The molecule has 258 valence electrons. The Balaban J connectivity index is 1.07. The number of para-hydroxylation sites is 2. The van der Waals surface area contributed by atoms with Gasteiger partial charge in [-0.25, -0.2) is 0 Å². The topological polar surface area (TPSA) is 16.4 Å². The number of thiophene rings is 1. The smallest absolute Gasteiger partial charge is 0.137 e. The zero-order valence-corrected chi connectivity index (χ0v) is 30.6. The van der Waals surface area contributed by atoms with Gasteiger partial charge in [-0.2, -0.15) is 0 Å². The highest BCUT2D eigenvalue weighted by Gasteiger charge is 2.21. The van der Waals surface area contributed by atoms with Gasteiger partial charge in [-0.15, -0.1) is 11.3 Å². The van der Waals surface area contributed by atoms with Crippen LogP contribution in [0.3, 0.4) is 0 Å². The summed E-state index contributed by atoms with van der Waals surface area (Å²) in [6.07, 6.45) is 0. The summed E-state index contributed by atoms with van der Waals surface area (Å²) < 4.78 is 9.05. The molecule has 0 bridgehead atoms. The first-order valence-corrected chi connectivity index (χ1v) is 19.5. The summed E-state index contributed by atoms with van der Waals surface area (Å²) >= 11 is 1.85. The summed E-state index contributed by atoms with van der Waals surface area (Å²) in [6, 6.07) is 72.3. The van der Waals surface area contributed by atoms with Gasteiger partial charge in [0.15, 0.2) is 0 Å². The normalized spacial score (nSPS) is 11.6. The molecule has 0 unspecified atom stereocenters. The van der Waals surface area contributed by atoms with Crippen molar-refractivity contribution >= 4 is 81.3 Å². The number of rotatable bonds is 6. The molecule has 0 saturated carbocycles. The molecule has 0 aliphatic heterocycles. The molecule has 0 aliphatic carbocycles. The van der Waals surface area contributed by atoms with Gasteiger partial charge < -0.3 is 9.32 Å². The molecule has 55 heavy (non-hydrogen) atoms. The maximum atomic E-state index is 6.46. The van der Waals surface area contributed by atoms with Crippen molar-refractivity contribution in [1.82, 2.24) is 0 Å². The average molecular weight is 720 g/mol. The molecule has 0 radical (unpaired) electrons. The van der Waals surface area contributed by atoms with Crippen LogP contribution in [0.25, 0.3) is 86.3 Å². The van der Waals surface area contributed by atoms with Crippen molar-refractivity contribution in [2.24, 2.45) is 0 Å². The Morgan fingerprint density at radius 3 is 1.89 bits per heavy atom. The minimum atomic E-state index is 0.868. The summed E-state index contributed by atoms with van der Waals surface area (Å²) in [5, 5.41) is 7.33. The van der Waals surface area contributed by atoms with E-state index in [0.717, 1.165) is 44.6 Å². The zero-order valence-electron chi connectivity index (χ0n) is 29.8. The molecular formula is C52H33NOS.